The molecule has 1 atom stereocenters. The van der Waals surface area contributed by atoms with Crippen molar-refractivity contribution in [2.75, 3.05) is 42.6 Å². The Labute approximate surface area is 195 Å². The summed E-state index contributed by atoms with van der Waals surface area (Å²) in [4.78, 5) is 26.7. The van der Waals surface area contributed by atoms with E-state index in [1.54, 1.807) is 12.1 Å². The lowest BCUT2D eigenvalue weighted by Crippen LogP contribution is -2.44. The quantitative estimate of drug-likeness (QED) is 0.669. The number of aliphatic hydroxyl groups excluding tert-OH is 1. The number of anilines is 2. The van der Waals surface area contributed by atoms with E-state index in [4.69, 9.17) is 5.26 Å². The molecule has 174 valence electrons. The summed E-state index contributed by atoms with van der Waals surface area (Å²) in [6.45, 7) is 5.26. The third-order valence-corrected chi connectivity index (χ3v) is 6.65. The Morgan fingerprint density at radius 2 is 1.88 bits per heavy atom. The minimum atomic E-state index is -0.228. The molecule has 0 spiro atoms. The van der Waals surface area contributed by atoms with Crippen LogP contribution in [0.25, 0.3) is 0 Å². The number of benzene rings is 1. The Balaban J connectivity index is 1.38. The van der Waals surface area contributed by atoms with Crippen LogP contribution in [0.2, 0.25) is 0 Å². The smallest absolute Gasteiger partial charge is 0.242 e. The molecule has 2 aliphatic heterocycles. The molecule has 2 aliphatic rings. The van der Waals surface area contributed by atoms with Crippen LogP contribution in [0.1, 0.15) is 42.6 Å². The predicted octanol–water partition coefficient (Wildman–Crippen LogP) is 2.19. The summed E-state index contributed by atoms with van der Waals surface area (Å²) in [5.74, 6) is 2.83. The zero-order valence-corrected chi connectivity index (χ0v) is 19.2. The number of piperidine rings is 1. The molecule has 1 aromatic carbocycles. The highest BCUT2D eigenvalue weighted by atomic mass is 16.3. The predicted molar refractivity (Wildman–Crippen MR) is 127 cm³/mol. The monoisotopic (exact) mass is 448 g/mol. The van der Waals surface area contributed by atoms with Crippen molar-refractivity contribution in [3.05, 3.63) is 47.3 Å². The van der Waals surface area contributed by atoms with Gasteiger partial charge in [-0.3, -0.25) is 4.79 Å². The highest BCUT2D eigenvalue weighted by Crippen LogP contribution is 2.29. The van der Waals surface area contributed by atoms with Gasteiger partial charge in [-0.05, 0) is 62.6 Å². The summed E-state index contributed by atoms with van der Waals surface area (Å²) in [7, 11) is 0. The maximum Gasteiger partial charge on any atom is 0.242 e. The molecule has 3 heterocycles. The van der Waals surface area contributed by atoms with Crippen molar-refractivity contribution in [2.24, 2.45) is 5.92 Å². The van der Waals surface area contributed by atoms with Crippen molar-refractivity contribution in [2.45, 2.75) is 45.1 Å². The fourth-order valence-electron chi connectivity index (χ4n) is 4.70. The van der Waals surface area contributed by atoms with Gasteiger partial charge in [0.15, 0.2) is 0 Å². The Morgan fingerprint density at radius 1 is 1.15 bits per heavy atom. The molecule has 0 saturated carbocycles. The maximum absolute atomic E-state index is 13.0. The second-order valence-electron chi connectivity index (χ2n) is 8.95. The molecular formula is C25H32N6O2. The van der Waals surface area contributed by atoms with E-state index in [0.29, 0.717) is 23.9 Å². The fourth-order valence-corrected chi connectivity index (χ4v) is 4.70. The molecule has 2 saturated heterocycles. The van der Waals surface area contributed by atoms with E-state index in [-0.39, 0.29) is 18.6 Å². The first-order valence-electron chi connectivity index (χ1n) is 11.8. The Kier molecular flexibility index (Phi) is 7.40. The molecule has 0 radical (unpaired) electrons. The van der Waals surface area contributed by atoms with Gasteiger partial charge in [0.05, 0.1) is 11.6 Å². The lowest BCUT2D eigenvalue weighted by molar-refractivity contribution is -0.122. The third-order valence-electron chi connectivity index (χ3n) is 6.65. The van der Waals surface area contributed by atoms with Gasteiger partial charge in [-0.1, -0.05) is 12.1 Å². The summed E-state index contributed by atoms with van der Waals surface area (Å²) in [6.07, 6.45) is 4.41. The fraction of sp³-hybridized carbons (Fsp3) is 0.520. The van der Waals surface area contributed by atoms with Gasteiger partial charge in [-0.25, -0.2) is 9.97 Å². The number of hydrogen-bond donors (Lipinski definition) is 2. The summed E-state index contributed by atoms with van der Waals surface area (Å²) in [5, 5.41) is 21.4. The lowest BCUT2D eigenvalue weighted by atomic mass is 9.98. The molecule has 0 bridgehead atoms. The van der Waals surface area contributed by atoms with Crippen molar-refractivity contribution in [3.8, 4) is 6.07 Å². The van der Waals surface area contributed by atoms with Crippen molar-refractivity contribution < 1.29 is 9.90 Å². The normalized spacial score (nSPS) is 18.9. The molecule has 33 heavy (non-hydrogen) atoms. The van der Waals surface area contributed by atoms with Crippen LogP contribution in [0.4, 0.5) is 11.6 Å². The van der Waals surface area contributed by atoms with Gasteiger partial charge in [0.1, 0.15) is 23.5 Å². The third kappa shape index (κ3) is 5.60. The molecule has 2 N–H and O–H groups in total. The molecule has 0 unspecified atom stereocenters. The second-order valence-corrected chi connectivity index (χ2v) is 8.95. The number of aliphatic hydroxyl groups is 1. The van der Waals surface area contributed by atoms with Gasteiger partial charge >= 0.3 is 0 Å². The van der Waals surface area contributed by atoms with Crippen molar-refractivity contribution in [1.29, 1.82) is 5.26 Å². The van der Waals surface area contributed by atoms with E-state index >= 15 is 0 Å². The average Bonchev–Trinajstić information content (AvgIpc) is 3.34. The van der Waals surface area contributed by atoms with Gasteiger partial charge in [0.2, 0.25) is 5.91 Å². The first kappa shape index (κ1) is 23.0. The first-order valence-corrected chi connectivity index (χ1v) is 11.8. The minimum absolute atomic E-state index is 0.0303. The number of nitrogens with one attached hydrogen (secondary N) is 1. The molecule has 8 heteroatoms. The SMILES string of the molecule is Cc1nc(N2CCC(CO)CC2)cc(N2CCC[C@H]2C(=O)NCCc2ccc(C#N)cc2)n1. The number of nitrogens with zero attached hydrogens (tertiary/aromatic N) is 5. The number of carbonyl (C=O) groups excluding carboxylic acids is 1. The minimum Gasteiger partial charge on any atom is -0.396 e. The molecule has 4 rings (SSSR count). The Bertz CT molecular complexity index is 995. The standard InChI is InChI=1S/C25H32N6O2/c1-18-28-23(30-13-9-21(17-32)10-14-30)15-24(29-18)31-12-2-3-22(31)25(33)27-11-8-19-4-6-20(16-26)7-5-19/h4-7,15,21-22,32H,2-3,8-14,17H2,1H3,(H,27,33)/t22-/m0/s1. The van der Waals surface area contributed by atoms with E-state index < -0.39 is 0 Å². The molecule has 2 aromatic rings. The van der Waals surface area contributed by atoms with Gasteiger partial charge in [-0.2, -0.15) is 5.26 Å². The average molecular weight is 449 g/mol. The van der Waals surface area contributed by atoms with Gasteiger partial charge < -0.3 is 20.2 Å². The van der Waals surface area contributed by atoms with E-state index in [1.807, 2.05) is 25.1 Å². The van der Waals surface area contributed by atoms with E-state index in [9.17, 15) is 9.90 Å². The van der Waals surface area contributed by atoms with Gasteiger partial charge in [0.25, 0.3) is 0 Å². The van der Waals surface area contributed by atoms with Crippen LogP contribution in [-0.2, 0) is 11.2 Å². The van der Waals surface area contributed by atoms with Crippen LogP contribution >= 0.6 is 0 Å². The van der Waals surface area contributed by atoms with Gasteiger partial charge in [0, 0.05) is 38.9 Å². The highest BCUT2D eigenvalue weighted by molar-refractivity contribution is 5.85. The number of aryl methyl sites for hydroxylation is 1. The first-order chi connectivity index (χ1) is 16.1. The molecule has 1 amide bonds. The zero-order valence-electron chi connectivity index (χ0n) is 19.2. The number of nitriles is 1. The van der Waals surface area contributed by atoms with Crippen molar-refractivity contribution in [1.82, 2.24) is 15.3 Å². The van der Waals surface area contributed by atoms with Crippen LogP contribution in [0, 0.1) is 24.2 Å². The van der Waals surface area contributed by atoms with Gasteiger partial charge in [-0.15, -0.1) is 0 Å². The summed E-state index contributed by atoms with van der Waals surface area (Å²) in [6, 6.07) is 11.4. The lowest BCUT2D eigenvalue weighted by Gasteiger charge is -2.33. The number of carbonyl (C=O) groups is 1. The van der Waals surface area contributed by atoms with E-state index in [0.717, 1.165) is 68.9 Å². The van der Waals surface area contributed by atoms with E-state index in [2.05, 4.69) is 31.2 Å². The maximum atomic E-state index is 13.0. The Hall–Kier alpha value is -3.18. The molecule has 1 aromatic heterocycles. The summed E-state index contributed by atoms with van der Waals surface area (Å²) >= 11 is 0. The van der Waals surface area contributed by atoms with E-state index in [1.165, 1.54) is 0 Å². The number of rotatable bonds is 7. The van der Waals surface area contributed by atoms with Crippen LogP contribution in [0.15, 0.2) is 30.3 Å². The van der Waals surface area contributed by atoms with Crippen LogP contribution in [-0.4, -0.2) is 59.8 Å². The van der Waals surface area contributed by atoms with Crippen molar-refractivity contribution >= 4 is 17.5 Å². The van der Waals surface area contributed by atoms with Crippen LogP contribution in [0.5, 0.6) is 0 Å². The second kappa shape index (κ2) is 10.6. The van der Waals surface area contributed by atoms with Crippen LogP contribution < -0.4 is 15.1 Å². The van der Waals surface area contributed by atoms with Crippen LogP contribution in [0.3, 0.4) is 0 Å². The number of hydrogen-bond acceptors (Lipinski definition) is 7. The number of amides is 1. The number of aromatic nitrogens is 2. The molecule has 8 nitrogen and oxygen atoms in total. The topological polar surface area (TPSA) is 105 Å². The largest absolute Gasteiger partial charge is 0.396 e. The zero-order chi connectivity index (χ0) is 23.2. The summed E-state index contributed by atoms with van der Waals surface area (Å²) in [5.41, 5.74) is 1.74. The Morgan fingerprint density at radius 3 is 2.58 bits per heavy atom. The van der Waals surface area contributed by atoms with Crippen molar-refractivity contribution in [3.63, 3.8) is 0 Å². The molecular weight excluding hydrogens is 416 g/mol. The summed E-state index contributed by atoms with van der Waals surface area (Å²) < 4.78 is 0. The molecule has 0 aliphatic carbocycles. The highest BCUT2D eigenvalue weighted by Gasteiger charge is 2.32. The molecule has 2 fully saturated rings.